The lowest BCUT2D eigenvalue weighted by Crippen LogP contribution is -2.27. The van der Waals surface area contributed by atoms with Crippen molar-refractivity contribution in [1.29, 1.82) is 0 Å². The van der Waals surface area contributed by atoms with Crippen LogP contribution in [0.1, 0.15) is 50.7 Å². The number of fused-ring (bicyclic) bond motifs is 3. The van der Waals surface area contributed by atoms with Crippen molar-refractivity contribution in [3.63, 3.8) is 0 Å². The van der Waals surface area contributed by atoms with Gasteiger partial charge in [0.05, 0.1) is 145 Å². The van der Waals surface area contributed by atoms with Crippen molar-refractivity contribution in [2.75, 3.05) is 159 Å². The van der Waals surface area contributed by atoms with Crippen LogP contribution in [0.3, 0.4) is 0 Å². The number of hydrogen-bond donors (Lipinski definition) is 1. The van der Waals surface area contributed by atoms with Crippen LogP contribution >= 0.6 is 0 Å². The van der Waals surface area contributed by atoms with Crippen molar-refractivity contribution >= 4 is 12.1 Å². The molecule has 2 aromatic rings. The second-order valence-corrected chi connectivity index (χ2v) is 14.7. The van der Waals surface area contributed by atoms with Gasteiger partial charge in [-0.25, -0.2) is 4.79 Å². The molecule has 16 nitrogen and oxygen atoms in total. The predicted octanol–water partition coefficient (Wildman–Crippen LogP) is 4.83. The standard InChI is InChI=1S/C45H71NO15/c1-45(2,3)61-43(47)13-16-50-18-20-52-22-24-54-26-28-56-30-32-58-34-36-59-35-33-57-31-29-55-27-25-53-23-21-51-19-17-49-15-8-14-46-44(48)60-37-42-40-11-6-4-9-38(40)39-10-5-7-12-41(39)42/h4-7,9-12,42H,8,13-37H2,1-3H3,(H,46,48). The Morgan fingerprint density at radius 3 is 1.16 bits per heavy atom. The highest BCUT2D eigenvalue weighted by Gasteiger charge is 2.29. The molecule has 0 fully saturated rings. The Balaban J connectivity index is 0.925. The largest absolute Gasteiger partial charge is 0.460 e. The van der Waals surface area contributed by atoms with Crippen LogP contribution in [0, 0.1) is 0 Å². The molecule has 0 spiro atoms. The quantitative estimate of drug-likeness (QED) is 0.0717. The first-order valence-corrected chi connectivity index (χ1v) is 21.5. The van der Waals surface area contributed by atoms with Crippen molar-refractivity contribution < 1.29 is 71.2 Å². The van der Waals surface area contributed by atoms with E-state index >= 15 is 0 Å². The van der Waals surface area contributed by atoms with Crippen LogP contribution in [0.2, 0.25) is 0 Å². The first kappa shape index (κ1) is 52.1. The Hall–Kier alpha value is -3.26. The molecular weight excluding hydrogens is 794 g/mol. The van der Waals surface area contributed by atoms with Gasteiger partial charge in [-0.15, -0.1) is 0 Å². The lowest BCUT2D eigenvalue weighted by atomic mass is 9.98. The number of ether oxygens (including phenoxy) is 13. The average molecular weight is 866 g/mol. The fraction of sp³-hybridized carbons (Fsp3) is 0.689. The molecule has 0 saturated carbocycles. The summed E-state index contributed by atoms with van der Waals surface area (Å²) in [7, 11) is 0. The SMILES string of the molecule is CC(C)(C)OC(=O)CCOCCOCCOCCOCCOCCOCCOCCOCCOCCOCCOCCCNC(=O)OCC1c2ccccc2-c2ccccc21. The molecule has 0 saturated heterocycles. The van der Waals surface area contributed by atoms with Gasteiger partial charge < -0.3 is 66.9 Å². The molecule has 0 unspecified atom stereocenters. The van der Waals surface area contributed by atoms with Crippen molar-refractivity contribution in [2.24, 2.45) is 0 Å². The van der Waals surface area contributed by atoms with Gasteiger partial charge in [0.25, 0.3) is 0 Å². The normalized spacial score (nSPS) is 12.4. The van der Waals surface area contributed by atoms with Gasteiger partial charge in [0.15, 0.2) is 0 Å². The highest BCUT2D eigenvalue weighted by molar-refractivity contribution is 5.79. The number of nitrogens with one attached hydrogen (secondary N) is 1. The van der Waals surface area contributed by atoms with Crippen LogP contribution in [0.25, 0.3) is 11.1 Å². The number of amides is 1. The maximum atomic E-state index is 12.3. The van der Waals surface area contributed by atoms with Crippen LogP contribution in [0.15, 0.2) is 48.5 Å². The van der Waals surface area contributed by atoms with E-state index in [0.29, 0.717) is 165 Å². The van der Waals surface area contributed by atoms with Gasteiger partial charge in [0.2, 0.25) is 0 Å². The summed E-state index contributed by atoms with van der Waals surface area (Å²) >= 11 is 0. The lowest BCUT2D eigenvalue weighted by molar-refractivity contribution is -0.156. The van der Waals surface area contributed by atoms with Gasteiger partial charge in [0.1, 0.15) is 12.2 Å². The Kier molecular flexibility index (Phi) is 29.2. The van der Waals surface area contributed by atoms with Gasteiger partial charge in [0, 0.05) is 19.1 Å². The minimum absolute atomic E-state index is 0.0450. The summed E-state index contributed by atoms with van der Waals surface area (Å²) in [6, 6.07) is 16.6. The topological polar surface area (TPSA) is 166 Å². The molecule has 2 aromatic carbocycles. The molecule has 0 atom stereocenters. The second-order valence-electron chi connectivity index (χ2n) is 14.7. The molecule has 0 heterocycles. The Morgan fingerprint density at radius 2 is 0.803 bits per heavy atom. The van der Waals surface area contributed by atoms with E-state index < -0.39 is 11.7 Å². The monoisotopic (exact) mass is 865 g/mol. The van der Waals surface area contributed by atoms with Gasteiger partial charge in [-0.3, -0.25) is 4.79 Å². The lowest BCUT2D eigenvalue weighted by Gasteiger charge is -2.19. The fourth-order valence-electron chi connectivity index (χ4n) is 5.86. The smallest absolute Gasteiger partial charge is 0.407 e. The van der Waals surface area contributed by atoms with Crippen LogP contribution in [0.5, 0.6) is 0 Å². The van der Waals surface area contributed by atoms with E-state index in [2.05, 4.69) is 29.6 Å². The summed E-state index contributed by atoms with van der Waals surface area (Å²) < 4.78 is 71.2. The van der Waals surface area contributed by atoms with Crippen LogP contribution in [-0.4, -0.2) is 176 Å². The molecule has 16 heteroatoms. The molecule has 1 aliphatic carbocycles. The minimum atomic E-state index is -0.480. The Bertz CT molecular complexity index is 1360. The van der Waals surface area contributed by atoms with Crippen molar-refractivity contribution in [1.82, 2.24) is 5.32 Å². The van der Waals surface area contributed by atoms with Gasteiger partial charge >= 0.3 is 12.1 Å². The zero-order valence-corrected chi connectivity index (χ0v) is 36.7. The zero-order valence-electron chi connectivity index (χ0n) is 36.7. The maximum absolute atomic E-state index is 12.3. The summed E-state index contributed by atoms with van der Waals surface area (Å²) in [6.45, 7) is 16.6. The number of esters is 1. The molecule has 0 radical (unpaired) electrons. The molecule has 0 aromatic heterocycles. The number of rotatable bonds is 39. The van der Waals surface area contributed by atoms with E-state index in [1.54, 1.807) is 0 Å². The van der Waals surface area contributed by atoms with Crippen molar-refractivity contribution in [3.8, 4) is 11.1 Å². The minimum Gasteiger partial charge on any atom is -0.460 e. The molecule has 1 amide bonds. The predicted molar refractivity (Wildman–Crippen MR) is 227 cm³/mol. The van der Waals surface area contributed by atoms with Gasteiger partial charge in [-0.05, 0) is 49.4 Å². The first-order chi connectivity index (χ1) is 29.8. The van der Waals surface area contributed by atoms with Crippen molar-refractivity contribution in [3.05, 3.63) is 59.7 Å². The van der Waals surface area contributed by atoms with Crippen molar-refractivity contribution in [2.45, 2.75) is 45.1 Å². The Morgan fingerprint density at radius 1 is 0.475 bits per heavy atom. The number of carbonyl (C=O) groups is 2. The highest BCUT2D eigenvalue weighted by atomic mass is 16.6. The van der Waals surface area contributed by atoms with E-state index in [1.165, 1.54) is 22.3 Å². The van der Waals surface area contributed by atoms with Crippen LogP contribution in [-0.2, 0) is 66.4 Å². The molecular formula is C45H71NO15. The molecule has 346 valence electrons. The van der Waals surface area contributed by atoms with E-state index in [4.69, 9.17) is 61.6 Å². The van der Waals surface area contributed by atoms with Gasteiger partial charge in [-0.2, -0.15) is 0 Å². The highest BCUT2D eigenvalue weighted by Crippen LogP contribution is 2.44. The summed E-state index contributed by atoms with van der Waals surface area (Å²) in [5.41, 5.74) is 4.31. The number of benzene rings is 2. The molecule has 0 bridgehead atoms. The molecule has 0 aliphatic heterocycles. The van der Waals surface area contributed by atoms with Gasteiger partial charge in [-0.1, -0.05) is 48.5 Å². The van der Waals surface area contributed by atoms with E-state index in [0.717, 1.165) is 0 Å². The fourth-order valence-corrected chi connectivity index (χ4v) is 5.86. The summed E-state index contributed by atoms with van der Waals surface area (Å²) in [5, 5.41) is 2.80. The average Bonchev–Trinajstić information content (AvgIpc) is 3.56. The summed E-state index contributed by atoms with van der Waals surface area (Å²) in [4.78, 5) is 23.9. The first-order valence-electron chi connectivity index (χ1n) is 21.5. The van der Waals surface area contributed by atoms with E-state index in [1.807, 2.05) is 45.0 Å². The molecule has 1 aliphatic rings. The third-order valence-electron chi connectivity index (χ3n) is 8.67. The summed E-state index contributed by atoms with van der Waals surface area (Å²) in [5.74, 6) is -0.224. The number of alkyl carbamates (subject to hydrolysis) is 1. The summed E-state index contributed by atoms with van der Waals surface area (Å²) in [6.07, 6.45) is 0.487. The maximum Gasteiger partial charge on any atom is 0.407 e. The molecule has 61 heavy (non-hydrogen) atoms. The number of carbonyl (C=O) groups excluding carboxylic acids is 2. The third-order valence-corrected chi connectivity index (χ3v) is 8.67. The Labute approximate surface area is 362 Å². The van der Waals surface area contributed by atoms with E-state index in [9.17, 15) is 9.59 Å². The van der Waals surface area contributed by atoms with Crippen LogP contribution in [0.4, 0.5) is 4.79 Å². The second kappa shape index (κ2) is 34.3. The van der Waals surface area contributed by atoms with Crippen LogP contribution < -0.4 is 5.32 Å². The van der Waals surface area contributed by atoms with E-state index in [-0.39, 0.29) is 18.3 Å². The molecule has 1 N–H and O–H groups in total. The number of hydrogen-bond acceptors (Lipinski definition) is 15. The molecule has 3 rings (SSSR count). The zero-order chi connectivity index (χ0) is 43.5. The third kappa shape index (κ3) is 26.1.